The first-order chi connectivity index (χ1) is 16.4. The van der Waals surface area contributed by atoms with Gasteiger partial charge in [0.1, 0.15) is 24.2 Å². The van der Waals surface area contributed by atoms with E-state index < -0.39 is 0 Å². The molecule has 0 aliphatic carbocycles. The van der Waals surface area contributed by atoms with Gasteiger partial charge in [-0.2, -0.15) is 0 Å². The number of hydrogen-bond acceptors (Lipinski definition) is 6. The van der Waals surface area contributed by atoms with Gasteiger partial charge in [-0.05, 0) is 48.0 Å². The number of hydrogen-bond donors (Lipinski definition) is 1. The van der Waals surface area contributed by atoms with Crippen molar-refractivity contribution >= 4 is 34.9 Å². The summed E-state index contributed by atoms with van der Waals surface area (Å²) in [7, 11) is 3.35. The molecule has 0 bridgehead atoms. The van der Waals surface area contributed by atoms with Crippen LogP contribution in [0.5, 0.6) is 11.5 Å². The van der Waals surface area contributed by atoms with Gasteiger partial charge in [0.2, 0.25) is 0 Å². The van der Waals surface area contributed by atoms with Crippen molar-refractivity contribution in [3.8, 4) is 11.5 Å². The second-order valence-electron chi connectivity index (χ2n) is 7.95. The quantitative estimate of drug-likeness (QED) is 0.499. The van der Waals surface area contributed by atoms with Gasteiger partial charge in [0.25, 0.3) is 5.91 Å². The average molecular weight is 481 g/mol. The Bertz CT molecular complexity index is 1200. The van der Waals surface area contributed by atoms with Crippen LogP contribution in [0.15, 0.2) is 66.7 Å². The third kappa shape index (κ3) is 5.61. The van der Waals surface area contributed by atoms with Gasteiger partial charge >= 0.3 is 5.97 Å². The number of halogens is 1. The molecule has 3 aromatic rings. The van der Waals surface area contributed by atoms with Crippen LogP contribution < -0.4 is 19.7 Å². The highest BCUT2D eigenvalue weighted by molar-refractivity contribution is 6.34. The van der Waals surface area contributed by atoms with Crippen LogP contribution in [0.4, 0.5) is 11.4 Å². The number of carbonyl (C=O) groups excluding carboxylic acids is 2. The molecular weight excluding hydrogens is 456 g/mol. The number of methoxy groups -OCH3 is 1. The standard InChI is InChI=1S/C26H25ClN2O5/c1-29-15-20(34-24-9-4-3-8-23(24)29)16-33-19-10-11-21(22(27)14-19)26(31)28-18-7-5-6-17(12-18)13-25(30)32-2/h3-12,14,20H,13,15-16H2,1-2H3,(H,28,31)/t20-/m0/s1. The van der Waals surface area contributed by atoms with Gasteiger partial charge in [0, 0.05) is 12.7 Å². The zero-order valence-corrected chi connectivity index (χ0v) is 19.7. The van der Waals surface area contributed by atoms with Crippen LogP contribution in [0.25, 0.3) is 0 Å². The first-order valence-corrected chi connectivity index (χ1v) is 11.2. The maximum atomic E-state index is 12.7. The van der Waals surface area contributed by atoms with Crippen LogP contribution in [-0.2, 0) is 16.0 Å². The SMILES string of the molecule is COC(=O)Cc1cccc(NC(=O)c2ccc(OC[C@@H]3CN(C)c4ccccc4O3)cc2Cl)c1. The summed E-state index contributed by atoms with van der Waals surface area (Å²) in [6, 6.07) is 19.8. The molecule has 176 valence electrons. The highest BCUT2D eigenvalue weighted by Crippen LogP contribution is 2.32. The van der Waals surface area contributed by atoms with E-state index in [0.717, 1.165) is 17.0 Å². The van der Waals surface area contributed by atoms with Crippen LogP contribution in [0.2, 0.25) is 5.02 Å². The summed E-state index contributed by atoms with van der Waals surface area (Å²) in [5, 5.41) is 3.08. The molecule has 1 aliphatic heterocycles. The summed E-state index contributed by atoms with van der Waals surface area (Å²) < 4.78 is 16.6. The van der Waals surface area contributed by atoms with Crippen molar-refractivity contribution in [3.63, 3.8) is 0 Å². The van der Waals surface area contributed by atoms with E-state index in [1.807, 2.05) is 31.3 Å². The van der Waals surface area contributed by atoms with Crippen molar-refractivity contribution in [2.75, 3.05) is 37.5 Å². The summed E-state index contributed by atoms with van der Waals surface area (Å²) in [4.78, 5) is 26.4. The second-order valence-corrected chi connectivity index (χ2v) is 8.36. The van der Waals surface area contributed by atoms with Crippen molar-refractivity contribution in [1.82, 2.24) is 0 Å². The minimum absolute atomic E-state index is 0.124. The zero-order chi connectivity index (χ0) is 24.1. The third-order valence-electron chi connectivity index (χ3n) is 5.43. The number of nitrogens with one attached hydrogen (secondary N) is 1. The van der Waals surface area contributed by atoms with Gasteiger partial charge in [-0.1, -0.05) is 35.9 Å². The van der Waals surface area contributed by atoms with Gasteiger partial charge < -0.3 is 24.4 Å². The number of nitrogens with zero attached hydrogens (tertiary/aromatic N) is 1. The molecule has 0 fully saturated rings. The first kappa shape index (κ1) is 23.4. The Labute approximate surface area is 203 Å². The molecule has 0 saturated carbocycles. The summed E-state index contributed by atoms with van der Waals surface area (Å²) >= 11 is 6.38. The van der Waals surface area contributed by atoms with E-state index in [1.165, 1.54) is 7.11 Å². The van der Waals surface area contributed by atoms with Gasteiger partial charge in [-0.25, -0.2) is 0 Å². The number of amides is 1. The van der Waals surface area contributed by atoms with Crippen molar-refractivity contribution in [2.24, 2.45) is 0 Å². The van der Waals surface area contributed by atoms with E-state index >= 15 is 0 Å². The summed E-state index contributed by atoms with van der Waals surface area (Å²) in [5.41, 5.74) is 2.65. The summed E-state index contributed by atoms with van der Waals surface area (Å²) in [6.45, 7) is 1.04. The van der Waals surface area contributed by atoms with E-state index in [4.69, 9.17) is 21.1 Å². The van der Waals surface area contributed by atoms with E-state index in [9.17, 15) is 9.59 Å². The molecule has 0 aromatic heterocycles. The predicted molar refractivity (Wildman–Crippen MR) is 131 cm³/mol. The van der Waals surface area contributed by atoms with Crippen molar-refractivity contribution < 1.29 is 23.8 Å². The fourth-order valence-corrected chi connectivity index (χ4v) is 3.99. The van der Waals surface area contributed by atoms with Crippen LogP contribution >= 0.6 is 11.6 Å². The molecule has 3 aromatic carbocycles. The smallest absolute Gasteiger partial charge is 0.309 e. The highest BCUT2D eigenvalue weighted by Gasteiger charge is 2.23. The number of benzene rings is 3. The van der Waals surface area contributed by atoms with Gasteiger partial charge in [-0.3, -0.25) is 9.59 Å². The second kappa shape index (κ2) is 10.5. The molecule has 1 aliphatic rings. The molecule has 0 unspecified atom stereocenters. The van der Waals surface area contributed by atoms with E-state index in [1.54, 1.807) is 42.5 Å². The molecule has 0 spiro atoms. The molecule has 8 heteroatoms. The number of likely N-dealkylation sites (N-methyl/N-ethyl adjacent to an activating group) is 1. The Kier molecular flexibility index (Phi) is 7.23. The number of anilines is 2. The van der Waals surface area contributed by atoms with E-state index in [0.29, 0.717) is 30.2 Å². The highest BCUT2D eigenvalue weighted by atomic mass is 35.5. The number of para-hydroxylation sites is 2. The number of carbonyl (C=O) groups is 2. The normalized spacial score (nSPS) is 14.6. The molecule has 1 atom stereocenters. The Morgan fingerprint density at radius 3 is 2.74 bits per heavy atom. The topological polar surface area (TPSA) is 77.1 Å². The molecule has 1 heterocycles. The minimum atomic E-state index is -0.361. The van der Waals surface area contributed by atoms with Crippen LogP contribution in [-0.4, -0.2) is 45.3 Å². The maximum absolute atomic E-state index is 12.7. The minimum Gasteiger partial charge on any atom is -0.490 e. The van der Waals surface area contributed by atoms with Gasteiger partial charge in [0.15, 0.2) is 0 Å². The van der Waals surface area contributed by atoms with Crippen LogP contribution in [0, 0.1) is 0 Å². The number of rotatable bonds is 7. The molecule has 4 rings (SSSR count). The molecule has 7 nitrogen and oxygen atoms in total. The summed E-state index contributed by atoms with van der Waals surface area (Å²) in [5.74, 6) is 0.662. The lowest BCUT2D eigenvalue weighted by atomic mass is 10.1. The number of fused-ring (bicyclic) bond motifs is 1. The predicted octanol–water partition coefficient (Wildman–Crippen LogP) is 4.58. The molecular formula is C26H25ClN2O5. The van der Waals surface area contributed by atoms with Gasteiger partial charge in [0.05, 0.1) is 36.3 Å². The molecule has 1 amide bonds. The summed E-state index contributed by atoms with van der Waals surface area (Å²) in [6.07, 6.45) is -0.0158. The molecule has 34 heavy (non-hydrogen) atoms. The first-order valence-electron chi connectivity index (χ1n) is 10.8. The Morgan fingerprint density at radius 2 is 1.94 bits per heavy atom. The third-order valence-corrected chi connectivity index (χ3v) is 5.74. The Morgan fingerprint density at radius 1 is 1.12 bits per heavy atom. The molecule has 0 radical (unpaired) electrons. The van der Waals surface area contributed by atoms with Crippen molar-refractivity contribution in [2.45, 2.75) is 12.5 Å². The lowest BCUT2D eigenvalue weighted by Crippen LogP contribution is -2.41. The largest absolute Gasteiger partial charge is 0.490 e. The van der Waals surface area contributed by atoms with E-state index in [2.05, 4.69) is 15.0 Å². The van der Waals surface area contributed by atoms with Crippen LogP contribution in [0.1, 0.15) is 15.9 Å². The van der Waals surface area contributed by atoms with Gasteiger partial charge in [-0.15, -0.1) is 0 Å². The Balaban J connectivity index is 1.36. The fraction of sp³-hybridized carbons (Fsp3) is 0.231. The van der Waals surface area contributed by atoms with E-state index in [-0.39, 0.29) is 29.4 Å². The monoisotopic (exact) mass is 480 g/mol. The maximum Gasteiger partial charge on any atom is 0.309 e. The number of ether oxygens (including phenoxy) is 3. The molecule has 0 saturated heterocycles. The lowest BCUT2D eigenvalue weighted by Gasteiger charge is -2.33. The van der Waals surface area contributed by atoms with Crippen LogP contribution in [0.3, 0.4) is 0 Å². The lowest BCUT2D eigenvalue weighted by molar-refractivity contribution is -0.139. The fourth-order valence-electron chi connectivity index (χ4n) is 3.73. The Hall–Kier alpha value is -3.71. The zero-order valence-electron chi connectivity index (χ0n) is 18.9. The van der Waals surface area contributed by atoms with Crippen molar-refractivity contribution in [3.05, 3.63) is 82.9 Å². The average Bonchev–Trinajstić information content (AvgIpc) is 2.83. The number of esters is 1. The molecule has 1 N–H and O–H groups in total. The van der Waals surface area contributed by atoms with Crippen molar-refractivity contribution in [1.29, 1.82) is 0 Å².